The Morgan fingerprint density at radius 1 is 1.56 bits per heavy atom. The molecule has 0 bridgehead atoms. The number of halogens is 2. The van der Waals surface area contributed by atoms with Gasteiger partial charge in [0, 0.05) is 6.07 Å². The van der Waals surface area contributed by atoms with E-state index in [4.69, 9.17) is 22.4 Å². The van der Waals surface area contributed by atoms with Gasteiger partial charge in [0.1, 0.15) is 5.75 Å². The lowest BCUT2D eigenvalue weighted by Gasteiger charge is -2.11. The lowest BCUT2D eigenvalue weighted by molar-refractivity contribution is -0.385. The summed E-state index contributed by atoms with van der Waals surface area (Å²) in [7, 11) is 0. The van der Waals surface area contributed by atoms with Crippen molar-refractivity contribution in [1.82, 2.24) is 0 Å². The summed E-state index contributed by atoms with van der Waals surface area (Å²) in [5.41, 5.74) is 4.91. The number of hydrogen-bond donors (Lipinski definition) is 3. The Balaban J connectivity index is 0.00000225. The molecule has 0 aliphatic heterocycles. The van der Waals surface area contributed by atoms with E-state index in [0.717, 1.165) is 6.07 Å². The number of phenolic OH excluding ortho intramolecular Hbond substituents is 1. The number of hydrogen-bond acceptors (Lipinski definition) is 5. The number of nitro benzene ring substituents is 1. The molecule has 0 fully saturated rings. The van der Waals surface area contributed by atoms with Crippen LogP contribution in [0.2, 0.25) is 5.02 Å². The quantitative estimate of drug-likeness (QED) is 0.567. The fraction of sp³-hybridized carbons (Fsp3) is 0.250. The summed E-state index contributed by atoms with van der Waals surface area (Å²) in [6, 6.07) is 1.29. The number of aliphatic hydroxyl groups excluding tert-OH is 1. The maximum Gasteiger partial charge on any atom is 0.278 e. The van der Waals surface area contributed by atoms with E-state index in [-0.39, 0.29) is 28.7 Å². The normalized spacial score (nSPS) is 11.7. The van der Waals surface area contributed by atoms with Crippen molar-refractivity contribution in [2.75, 3.05) is 6.61 Å². The standard InChI is InChI=1S/C8H9ClN2O4.ClH/c9-4-1-2-6(11(14)15)7(8(4)13)5(10)3-12;/h1-2,5,12-13H,3,10H2;1H/t5-;/m1./s1. The third-order valence-electron chi connectivity index (χ3n) is 1.91. The summed E-state index contributed by atoms with van der Waals surface area (Å²) in [6.45, 7) is -0.519. The first-order chi connectivity index (χ1) is 6.99. The van der Waals surface area contributed by atoms with Crippen LogP contribution in [0.15, 0.2) is 12.1 Å². The lowest BCUT2D eigenvalue weighted by Crippen LogP contribution is -2.16. The van der Waals surface area contributed by atoms with Crippen molar-refractivity contribution in [3.63, 3.8) is 0 Å². The van der Waals surface area contributed by atoms with Gasteiger partial charge >= 0.3 is 0 Å². The molecule has 0 radical (unpaired) electrons. The molecule has 1 rings (SSSR count). The first-order valence-electron chi connectivity index (χ1n) is 4.01. The molecular formula is C8H10Cl2N2O4. The Labute approximate surface area is 102 Å². The van der Waals surface area contributed by atoms with E-state index in [1.807, 2.05) is 0 Å². The van der Waals surface area contributed by atoms with E-state index in [0.29, 0.717) is 0 Å². The number of phenols is 1. The molecule has 6 nitrogen and oxygen atoms in total. The molecule has 4 N–H and O–H groups in total. The largest absolute Gasteiger partial charge is 0.506 e. The maximum atomic E-state index is 10.6. The first kappa shape index (κ1) is 14.9. The van der Waals surface area contributed by atoms with Crippen molar-refractivity contribution >= 4 is 29.7 Å². The van der Waals surface area contributed by atoms with Crippen LogP contribution >= 0.6 is 24.0 Å². The molecule has 0 aliphatic rings. The molecule has 0 saturated carbocycles. The summed E-state index contributed by atoms with van der Waals surface area (Å²) in [5.74, 6) is -0.465. The van der Waals surface area contributed by atoms with Gasteiger partial charge in [-0.15, -0.1) is 12.4 Å². The number of aromatic hydroxyl groups is 1. The summed E-state index contributed by atoms with van der Waals surface area (Å²) in [4.78, 5) is 9.93. The van der Waals surface area contributed by atoms with E-state index >= 15 is 0 Å². The first-order valence-corrected chi connectivity index (χ1v) is 4.39. The Morgan fingerprint density at radius 2 is 2.12 bits per heavy atom. The van der Waals surface area contributed by atoms with Gasteiger partial charge in [-0.1, -0.05) is 11.6 Å². The molecule has 1 atom stereocenters. The molecule has 0 amide bonds. The van der Waals surface area contributed by atoms with Gasteiger partial charge in [0.05, 0.1) is 28.2 Å². The Morgan fingerprint density at radius 3 is 2.56 bits per heavy atom. The third-order valence-corrected chi connectivity index (χ3v) is 2.21. The van der Waals surface area contributed by atoms with Gasteiger partial charge in [0.25, 0.3) is 5.69 Å². The zero-order valence-electron chi connectivity index (χ0n) is 7.96. The summed E-state index contributed by atoms with van der Waals surface area (Å²) >= 11 is 5.58. The van der Waals surface area contributed by atoms with Gasteiger partial charge in [-0.3, -0.25) is 10.1 Å². The van der Waals surface area contributed by atoms with Crippen LogP contribution < -0.4 is 5.73 Å². The second-order valence-corrected chi connectivity index (χ2v) is 3.28. The van der Waals surface area contributed by atoms with Crippen molar-refractivity contribution in [3.8, 4) is 5.75 Å². The molecule has 1 aromatic rings. The Hall–Kier alpha value is -1.08. The molecule has 0 spiro atoms. The van der Waals surface area contributed by atoms with E-state index in [1.165, 1.54) is 6.07 Å². The van der Waals surface area contributed by atoms with Crippen LogP contribution in [0.3, 0.4) is 0 Å². The van der Waals surface area contributed by atoms with Crippen molar-refractivity contribution in [2.45, 2.75) is 6.04 Å². The minimum atomic E-state index is -1.04. The van der Waals surface area contributed by atoms with Gasteiger partial charge in [-0.2, -0.15) is 0 Å². The zero-order valence-corrected chi connectivity index (χ0v) is 9.53. The third kappa shape index (κ3) is 2.73. The summed E-state index contributed by atoms with van der Waals surface area (Å²) in [5, 5.41) is 28.9. The predicted octanol–water partition coefficient (Wildman–Crippen LogP) is 1.37. The number of nitrogens with two attached hydrogens (primary N) is 1. The van der Waals surface area contributed by atoms with Crippen LogP contribution in [-0.2, 0) is 0 Å². The molecule has 16 heavy (non-hydrogen) atoms. The fourth-order valence-electron chi connectivity index (χ4n) is 1.19. The molecular weight excluding hydrogens is 259 g/mol. The van der Waals surface area contributed by atoms with E-state index in [2.05, 4.69) is 0 Å². The summed E-state index contributed by atoms with van der Waals surface area (Å²) in [6.07, 6.45) is 0. The summed E-state index contributed by atoms with van der Waals surface area (Å²) < 4.78 is 0. The van der Waals surface area contributed by atoms with Gasteiger partial charge in [-0.05, 0) is 6.07 Å². The van der Waals surface area contributed by atoms with Crippen molar-refractivity contribution < 1.29 is 15.1 Å². The average molecular weight is 269 g/mol. The Bertz CT molecular complexity index is 400. The maximum absolute atomic E-state index is 10.6. The topological polar surface area (TPSA) is 110 Å². The molecule has 0 heterocycles. The van der Waals surface area contributed by atoms with Crippen LogP contribution in [0, 0.1) is 10.1 Å². The fourth-order valence-corrected chi connectivity index (χ4v) is 1.35. The van der Waals surface area contributed by atoms with Crippen molar-refractivity contribution in [2.24, 2.45) is 5.73 Å². The molecule has 0 saturated heterocycles. The van der Waals surface area contributed by atoms with Gasteiger partial charge in [0.15, 0.2) is 0 Å². The highest BCUT2D eigenvalue weighted by atomic mass is 35.5. The van der Waals surface area contributed by atoms with Crippen molar-refractivity contribution in [1.29, 1.82) is 0 Å². The molecule has 0 aliphatic carbocycles. The van der Waals surface area contributed by atoms with Gasteiger partial charge in [-0.25, -0.2) is 0 Å². The monoisotopic (exact) mass is 268 g/mol. The van der Waals surface area contributed by atoms with E-state index in [9.17, 15) is 15.2 Å². The SMILES string of the molecule is Cl.N[C@H](CO)c1c([N+](=O)[O-])ccc(Cl)c1O. The van der Waals surface area contributed by atoms with Crippen LogP contribution in [0.1, 0.15) is 11.6 Å². The number of rotatable bonds is 3. The number of benzene rings is 1. The van der Waals surface area contributed by atoms with Crippen LogP contribution in [0.4, 0.5) is 5.69 Å². The molecule has 1 aromatic carbocycles. The number of nitro groups is 1. The van der Waals surface area contributed by atoms with Crippen molar-refractivity contribution in [3.05, 3.63) is 32.8 Å². The zero-order chi connectivity index (χ0) is 11.6. The molecule has 90 valence electrons. The minimum absolute atomic E-state index is 0. The Kier molecular flexibility index (Phi) is 5.46. The molecule has 0 aromatic heterocycles. The lowest BCUT2D eigenvalue weighted by atomic mass is 10.0. The van der Waals surface area contributed by atoms with Crippen LogP contribution in [0.25, 0.3) is 0 Å². The van der Waals surface area contributed by atoms with Crippen LogP contribution in [-0.4, -0.2) is 21.7 Å². The highest BCUT2D eigenvalue weighted by Gasteiger charge is 2.24. The van der Waals surface area contributed by atoms with E-state index < -0.39 is 23.3 Å². The highest BCUT2D eigenvalue weighted by molar-refractivity contribution is 6.32. The second-order valence-electron chi connectivity index (χ2n) is 2.87. The highest BCUT2D eigenvalue weighted by Crippen LogP contribution is 2.37. The number of nitrogens with zero attached hydrogens (tertiary/aromatic N) is 1. The molecule has 8 heteroatoms. The van der Waals surface area contributed by atoms with E-state index in [1.54, 1.807) is 0 Å². The molecule has 0 unspecified atom stereocenters. The average Bonchev–Trinajstić information content (AvgIpc) is 2.20. The van der Waals surface area contributed by atoms with Gasteiger partial charge < -0.3 is 15.9 Å². The van der Waals surface area contributed by atoms with Crippen LogP contribution in [0.5, 0.6) is 5.75 Å². The number of aliphatic hydroxyl groups is 1. The minimum Gasteiger partial charge on any atom is -0.506 e. The predicted molar refractivity (Wildman–Crippen MR) is 61.0 cm³/mol. The second kappa shape index (κ2) is 5.86. The van der Waals surface area contributed by atoms with Gasteiger partial charge in [0.2, 0.25) is 0 Å². The smallest absolute Gasteiger partial charge is 0.278 e.